The summed E-state index contributed by atoms with van der Waals surface area (Å²) in [4.78, 5) is 0. The molecule has 0 N–H and O–H groups in total. The topological polar surface area (TPSA) is 17.3 Å². The quantitative estimate of drug-likeness (QED) is 0.401. The molecule has 1 saturated heterocycles. The molecule has 1 saturated carbocycles. The summed E-state index contributed by atoms with van der Waals surface area (Å²) in [5, 5.41) is 4.61. The minimum atomic E-state index is -1.48. The third-order valence-corrected chi connectivity index (χ3v) is 10.5. The van der Waals surface area contributed by atoms with Crippen LogP contribution in [0.1, 0.15) is 0 Å². The number of hydrogen-bond acceptors (Lipinski definition) is 1. The van der Waals surface area contributed by atoms with Gasteiger partial charge in [0.1, 0.15) is 8.24 Å². The van der Waals surface area contributed by atoms with E-state index in [1.54, 1.807) is 0 Å². The molecule has 4 unspecified atom stereocenters. The molecule has 138 valence electrons. The van der Waals surface area contributed by atoms with E-state index < -0.39 is 25.3 Å². The Morgan fingerprint density at radius 3 is 1.76 bits per heavy atom. The van der Waals surface area contributed by atoms with E-state index >= 15 is 0 Å². The molecule has 0 bridgehead atoms. The minimum absolute atomic E-state index is 0. The van der Waals surface area contributed by atoms with E-state index in [2.05, 4.69) is 71.6 Å². The van der Waals surface area contributed by atoms with Gasteiger partial charge in [-0.1, -0.05) is 61.7 Å². The Morgan fingerprint density at radius 1 is 0.920 bits per heavy atom. The van der Waals surface area contributed by atoms with E-state index in [4.69, 9.17) is 18.6 Å². The van der Waals surface area contributed by atoms with Crippen molar-refractivity contribution in [2.75, 3.05) is 19.8 Å². The summed E-state index contributed by atoms with van der Waals surface area (Å²) in [6, 6.07) is 0. The van der Waals surface area contributed by atoms with E-state index in [1.807, 2.05) is 0 Å². The first-order valence-corrected chi connectivity index (χ1v) is 16.0. The second-order valence-corrected chi connectivity index (χ2v) is 14.6. The molecule has 0 spiro atoms. The van der Waals surface area contributed by atoms with Crippen LogP contribution in [0.5, 0.6) is 0 Å². The average molecular weight is 431 g/mol. The maximum absolute atomic E-state index is 4.89. The van der Waals surface area contributed by atoms with Crippen LogP contribution in [0, 0.1) is 31.1 Å². The fraction of sp³-hybridized carbons (Fsp3) is 0.526. The Morgan fingerprint density at radius 2 is 1.36 bits per heavy atom. The molecule has 0 radical (unpaired) electrons. The van der Waals surface area contributed by atoms with Crippen LogP contribution in [0.25, 0.3) is 5.32 Å². The van der Waals surface area contributed by atoms with Gasteiger partial charge in [-0.05, 0) is 35.8 Å². The second-order valence-electron chi connectivity index (χ2n) is 7.45. The molecule has 3 aliphatic carbocycles. The zero-order valence-electron chi connectivity index (χ0n) is 15.3. The third-order valence-electron chi connectivity index (χ3n) is 6.15. The Hall–Kier alpha value is 0.391. The summed E-state index contributed by atoms with van der Waals surface area (Å²) < 4.78 is 2.73. The molecule has 4 aliphatic rings. The zero-order valence-corrected chi connectivity index (χ0v) is 19.4. The SMILES string of the molecule is C[Si](C)(C1C2C=CC=CC2C2C=CC=CC21)N1CC[N-]C1.[CH3-].[Cl][Ti][Cl]. The monoisotopic (exact) mass is 430 g/mol. The van der Waals surface area contributed by atoms with Gasteiger partial charge in [0, 0.05) is 0 Å². The van der Waals surface area contributed by atoms with Crippen molar-refractivity contribution in [1.82, 2.24) is 4.57 Å². The van der Waals surface area contributed by atoms with E-state index in [1.165, 1.54) is 6.54 Å². The van der Waals surface area contributed by atoms with Gasteiger partial charge in [0.25, 0.3) is 0 Å². The van der Waals surface area contributed by atoms with Crippen molar-refractivity contribution < 1.29 is 17.0 Å². The summed E-state index contributed by atoms with van der Waals surface area (Å²) in [6.45, 7) is 8.36. The van der Waals surface area contributed by atoms with Crippen LogP contribution >= 0.6 is 18.6 Å². The molecule has 25 heavy (non-hydrogen) atoms. The van der Waals surface area contributed by atoms with Crippen LogP contribution in [0.4, 0.5) is 0 Å². The molecule has 0 aromatic heterocycles. The predicted octanol–water partition coefficient (Wildman–Crippen LogP) is 5.77. The van der Waals surface area contributed by atoms with Gasteiger partial charge in [-0.3, -0.25) is 0 Å². The van der Waals surface area contributed by atoms with Crippen LogP contribution in [0.15, 0.2) is 48.6 Å². The Kier molecular flexibility index (Phi) is 8.28. The molecule has 6 heteroatoms. The normalized spacial score (nSPS) is 35.4. The Balaban J connectivity index is 0.000000528. The van der Waals surface area contributed by atoms with Crippen LogP contribution in [-0.2, 0) is 17.0 Å². The van der Waals surface area contributed by atoms with Gasteiger partial charge >= 0.3 is 35.6 Å². The van der Waals surface area contributed by atoms with Crippen molar-refractivity contribution in [1.29, 1.82) is 0 Å². The first-order valence-electron chi connectivity index (χ1n) is 8.66. The van der Waals surface area contributed by atoms with Gasteiger partial charge in [0.15, 0.2) is 0 Å². The van der Waals surface area contributed by atoms with Crippen molar-refractivity contribution >= 4 is 26.8 Å². The number of nitrogens with zero attached hydrogens (tertiary/aromatic N) is 2. The molecule has 0 aromatic rings. The number of hydrogen-bond donors (Lipinski definition) is 0. The molecule has 0 aromatic carbocycles. The summed E-state index contributed by atoms with van der Waals surface area (Å²) in [5.74, 6) is 2.86. The van der Waals surface area contributed by atoms with Gasteiger partial charge in [-0.2, -0.15) is 0 Å². The standard InChI is InChI=1S/C18H25N2Si.CH3.2ClH.Ti/c1-21(2,20-12-11-19-13-20)18-16-9-5-3-7-14(16)15-8-4-6-10-17(15)18;;;;/h3-10,14-18H,11-13H2,1-2H3;1H3;2*1H;/q2*-1;;;+2/p-2. The first kappa shape index (κ1) is 21.7. The van der Waals surface area contributed by atoms with Crippen LogP contribution in [0.2, 0.25) is 18.6 Å². The average Bonchev–Trinajstić information content (AvgIpc) is 3.22. The van der Waals surface area contributed by atoms with Gasteiger partial charge in [-0.15, -0.1) is 13.2 Å². The first-order chi connectivity index (χ1) is 11.6. The van der Waals surface area contributed by atoms with Gasteiger partial charge in [-0.25, -0.2) is 0 Å². The molecule has 0 amide bonds. The molecule has 1 aliphatic heterocycles. The Labute approximate surface area is 171 Å². The van der Waals surface area contributed by atoms with E-state index in [-0.39, 0.29) is 7.43 Å². The fourth-order valence-electron chi connectivity index (χ4n) is 5.10. The van der Waals surface area contributed by atoms with Crippen molar-refractivity contribution in [3.8, 4) is 0 Å². The second kappa shape index (κ2) is 9.55. The fourth-order valence-corrected chi connectivity index (χ4v) is 9.22. The van der Waals surface area contributed by atoms with Crippen LogP contribution in [0.3, 0.4) is 0 Å². The van der Waals surface area contributed by atoms with Crippen LogP contribution < -0.4 is 0 Å². The van der Waals surface area contributed by atoms with E-state index in [0.717, 1.165) is 30.6 Å². The van der Waals surface area contributed by atoms with Crippen LogP contribution in [-0.4, -0.2) is 32.6 Å². The Bertz CT molecular complexity index is 522. The van der Waals surface area contributed by atoms with Gasteiger partial charge < -0.3 is 17.3 Å². The maximum atomic E-state index is 4.89. The van der Waals surface area contributed by atoms with E-state index in [9.17, 15) is 0 Å². The van der Waals surface area contributed by atoms with Crippen molar-refractivity contribution in [3.05, 3.63) is 61.4 Å². The summed E-state index contributed by atoms with van der Waals surface area (Å²) in [6.07, 6.45) is 19.0. The molecule has 2 fully saturated rings. The van der Waals surface area contributed by atoms with Gasteiger partial charge in [0.2, 0.25) is 0 Å². The molecule has 4 rings (SSSR count). The molecular formula is C19H28Cl2N2SiTi-2. The van der Waals surface area contributed by atoms with Crippen molar-refractivity contribution in [2.24, 2.45) is 23.7 Å². The molecular weight excluding hydrogens is 403 g/mol. The summed E-state index contributed by atoms with van der Waals surface area (Å²) in [7, 11) is 8.29. The molecule has 2 nitrogen and oxygen atoms in total. The third kappa shape index (κ3) is 4.29. The van der Waals surface area contributed by atoms with Crippen molar-refractivity contribution in [3.63, 3.8) is 0 Å². The molecule has 1 heterocycles. The number of rotatable bonds is 2. The number of fused-ring (bicyclic) bond motifs is 3. The summed E-state index contributed by atoms with van der Waals surface area (Å²) in [5.41, 5.74) is 0.809. The predicted molar refractivity (Wildman–Crippen MR) is 110 cm³/mol. The van der Waals surface area contributed by atoms with Gasteiger partial charge in [0.05, 0.1) is 0 Å². The van der Waals surface area contributed by atoms with Crippen molar-refractivity contribution in [2.45, 2.75) is 18.6 Å². The summed E-state index contributed by atoms with van der Waals surface area (Å²) >= 11 is -0.556. The molecule has 4 atom stereocenters. The van der Waals surface area contributed by atoms with E-state index in [0.29, 0.717) is 11.8 Å². The zero-order chi connectivity index (χ0) is 17.2. The number of halogens is 2. The number of allylic oxidation sites excluding steroid dienone is 8.